The molecular weight excluding hydrogens is 232 g/mol. The van der Waals surface area contributed by atoms with Crippen LogP contribution in [0.3, 0.4) is 0 Å². The molecule has 3 unspecified atom stereocenters. The van der Waals surface area contributed by atoms with E-state index in [1.54, 1.807) is 0 Å². The van der Waals surface area contributed by atoms with Crippen LogP contribution in [-0.2, 0) is 0 Å². The molecule has 0 spiro atoms. The predicted molar refractivity (Wildman–Crippen MR) is 78.8 cm³/mol. The van der Waals surface area contributed by atoms with Crippen LogP contribution in [-0.4, -0.2) is 31.1 Å². The average molecular weight is 260 g/mol. The van der Waals surface area contributed by atoms with E-state index in [1.807, 2.05) is 0 Å². The van der Waals surface area contributed by atoms with E-state index >= 15 is 0 Å². The summed E-state index contributed by atoms with van der Waals surface area (Å²) in [5, 5.41) is 3.47. The zero-order valence-electron chi connectivity index (χ0n) is 12.3. The van der Waals surface area contributed by atoms with Crippen molar-refractivity contribution in [1.82, 2.24) is 10.2 Å². The first kappa shape index (κ1) is 12.3. The molecule has 0 aromatic heterocycles. The molecule has 106 valence electrons. The first-order valence-electron chi connectivity index (χ1n) is 8.33. The fraction of sp³-hybridized carbons (Fsp3) is 0.882. The number of hydrogen-bond acceptors (Lipinski definition) is 2. The van der Waals surface area contributed by atoms with E-state index in [1.165, 1.54) is 63.7 Å². The number of likely N-dealkylation sites (tertiary alicyclic amines) is 1. The summed E-state index contributed by atoms with van der Waals surface area (Å²) in [4.78, 5) is 2.65. The van der Waals surface area contributed by atoms with Gasteiger partial charge in [-0.15, -0.1) is 0 Å². The van der Waals surface area contributed by atoms with Crippen molar-refractivity contribution in [2.24, 2.45) is 23.2 Å². The molecule has 0 aromatic carbocycles. The number of rotatable bonds is 3. The van der Waals surface area contributed by atoms with Gasteiger partial charge < -0.3 is 10.2 Å². The summed E-state index contributed by atoms with van der Waals surface area (Å²) in [5.74, 6) is 3.07. The van der Waals surface area contributed by atoms with Gasteiger partial charge in [0.25, 0.3) is 0 Å². The topological polar surface area (TPSA) is 15.3 Å². The molecule has 1 aliphatic heterocycles. The van der Waals surface area contributed by atoms with Crippen molar-refractivity contribution in [2.75, 3.05) is 20.1 Å². The number of piperidine rings is 1. The summed E-state index contributed by atoms with van der Waals surface area (Å²) in [6, 6.07) is 0.678. The van der Waals surface area contributed by atoms with Gasteiger partial charge in [-0.2, -0.15) is 0 Å². The van der Waals surface area contributed by atoms with Crippen molar-refractivity contribution >= 4 is 0 Å². The molecule has 0 amide bonds. The molecule has 4 aliphatic carbocycles. The number of likely N-dealkylation sites (N-methyl/N-ethyl adjacent to an activating group) is 1. The molecular formula is C17H28N2. The molecule has 4 bridgehead atoms. The smallest absolute Gasteiger partial charge is 0.0328 e. The number of nitrogens with one attached hydrogen (secondary N) is 1. The third kappa shape index (κ3) is 1.72. The van der Waals surface area contributed by atoms with Gasteiger partial charge in [-0.1, -0.05) is 6.58 Å². The van der Waals surface area contributed by atoms with Gasteiger partial charge in [0, 0.05) is 30.2 Å². The molecule has 0 aromatic rings. The van der Waals surface area contributed by atoms with Crippen molar-refractivity contribution in [3.63, 3.8) is 0 Å². The Balaban J connectivity index is 1.54. The molecule has 5 fully saturated rings. The quantitative estimate of drug-likeness (QED) is 0.839. The summed E-state index contributed by atoms with van der Waals surface area (Å²) in [7, 11) is 2.11. The van der Waals surface area contributed by atoms with Gasteiger partial charge in [-0.3, -0.25) is 0 Å². The van der Waals surface area contributed by atoms with E-state index in [0.29, 0.717) is 11.5 Å². The molecule has 3 atom stereocenters. The Labute approximate surface area is 117 Å². The van der Waals surface area contributed by atoms with Crippen LogP contribution < -0.4 is 5.32 Å². The zero-order chi connectivity index (χ0) is 13.0. The molecule has 1 saturated heterocycles. The van der Waals surface area contributed by atoms with Crippen molar-refractivity contribution < 1.29 is 0 Å². The van der Waals surface area contributed by atoms with Crippen molar-refractivity contribution in [1.29, 1.82) is 0 Å². The molecule has 0 radical (unpaired) electrons. The molecule has 2 heteroatoms. The zero-order valence-corrected chi connectivity index (χ0v) is 12.3. The van der Waals surface area contributed by atoms with Crippen LogP contribution in [0.15, 0.2) is 12.3 Å². The van der Waals surface area contributed by atoms with Crippen LogP contribution in [0.1, 0.15) is 44.9 Å². The van der Waals surface area contributed by atoms with Gasteiger partial charge >= 0.3 is 0 Å². The van der Waals surface area contributed by atoms with Gasteiger partial charge in [-0.25, -0.2) is 0 Å². The second kappa shape index (κ2) is 4.25. The lowest BCUT2D eigenvalue weighted by atomic mass is 9.73. The highest BCUT2D eigenvalue weighted by Gasteiger charge is 2.59. The molecule has 5 rings (SSSR count). The Kier molecular flexibility index (Phi) is 2.74. The lowest BCUT2D eigenvalue weighted by Crippen LogP contribution is -2.47. The largest absolute Gasteiger partial charge is 0.373 e. The molecule has 1 N–H and O–H groups in total. The van der Waals surface area contributed by atoms with Crippen molar-refractivity contribution in [3.8, 4) is 0 Å². The van der Waals surface area contributed by atoms with Gasteiger partial charge in [0.2, 0.25) is 0 Å². The van der Waals surface area contributed by atoms with E-state index in [2.05, 4.69) is 23.8 Å². The average Bonchev–Trinajstić information content (AvgIpc) is 2.84. The highest BCUT2D eigenvalue weighted by molar-refractivity contribution is 5.22. The van der Waals surface area contributed by atoms with E-state index in [9.17, 15) is 0 Å². The summed E-state index contributed by atoms with van der Waals surface area (Å²) in [5.41, 5.74) is 2.06. The minimum absolute atomic E-state index is 0.531. The summed E-state index contributed by atoms with van der Waals surface area (Å²) in [6.45, 7) is 7.06. The molecule has 5 aliphatic rings. The monoisotopic (exact) mass is 260 g/mol. The van der Waals surface area contributed by atoms with Gasteiger partial charge in [0.15, 0.2) is 0 Å². The fourth-order valence-corrected chi connectivity index (χ4v) is 6.04. The van der Waals surface area contributed by atoms with Crippen LogP contribution in [0.25, 0.3) is 0 Å². The Morgan fingerprint density at radius 3 is 2.63 bits per heavy atom. The molecule has 4 saturated carbocycles. The van der Waals surface area contributed by atoms with E-state index in [4.69, 9.17) is 0 Å². The maximum atomic E-state index is 4.62. The van der Waals surface area contributed by atoms with Crippen LogP contribution in [0.2, 0.25) is 0 Å². The summed E-state index contributed by atoms with van der Waals surface area (Å²) in [6.07, 6.45) is 10.2. The fourth-order valence-electron chi connectivity index (χ4n) is 6.04. The third-order valence-corrected chi connectivity index (χ3v) is 6.78. The highest BCUT2D eigenvalue weighted by Crippen LogP contribution is 2.68. The SMILES string of the molecule is C=C(N1CCCC(NC)C1)C12CC3CC(CC1C3)C2. The minimum atomic E-state index is 0.531. The van der Waals surface area contributed by atoms with E-state index in [-0.39, 0.29) is 0 Å². The van der Waals surface area contributed by atoms with Crippen LogP contribution >= 0.6 is 0 Å². The van der Waals surface area contributed by atoms with Crippen LogP contribution in [0, 0.1) is 23.2 Å². The predicted octanol–water partition coefficient (Wildman–Crippen LogP) is 3.01. The molecule has 2 nitrogen and oxygen atoms in total. The van der Waals surface area contributed by atoms with E-state index in [0.717, 1.165) is 17.8 Å². The summed E-state index contributed by atoms with van der Waals surface area (Å²) >= 11 is 0. The van der Waals surface area contributed by atoms with Gasteiger partial charge in [-0.05, 0) is 69.7 Å². The standard InChI is InChI=1S/C17H28N2/c1-12(19-5-3-4-16(11-19)18-2)17-9-13-6-14(10-17)8-15(17)7-13/h13-16,18H,1,3-11H2,2H3. The first-order chi connectivity index (χ1) is 9.21. The molecule has 19 heavy (non-hydrogen) atoms. The van der Waals surface area contributed by atoms with Gasteiger partial charge in [0.05, 0.1) is 0 Å². The Morgan fingerprint density at radius 1 is 1.21 bits per heavy atom. The Morgan fingerprint density at radius 2 is 1.95 bits per heavy atom. The normalized spacial score (nSPS) is 47.9. The minimum Gasteiger partial charge on any atom is -0.373 e. The number of nitrogens with zero attached hydrogens (tertiary/aromatic N) is 1. The second-order valence-electron chi connectivity index (χ2n) is 7.72. The van der Waals surface area contributed by atoms with Crippen LogP contribution in [0.4, 0.5) is 0 Å². The summed E-state index contributed by atoms with van der Waals surface area (Å²) < 4.78 is 0. The number of allylic oxidation sites excluding steroid dienone is 1. The lowest BCUT2D eigenvalue weighted by Gasteiger charge is -2.44. The Hall–Kier alpha value is -0.500. The van der Waals surface area contributed by atoms with Crippen LogP contribution in [0.5, 0.6) is 0 Å². The third-order valence-electron chi connectivity index (χ3n) is 6.78. The second-order valence-corrected chi connectivity index (χ2v) is 7.72. The lowest BCUT2D eigenvalue weighted by molar-refractivity contribution is 0.148. The maximum Gasteiger partial charge on any atom is 0.0328 e. The highest BCUT2D eigenvalue weighted by atomic mass is 15.2. The number of hydrogen-bond donors (Lipinski definition) is 1. The first-order valence-corrected chi connectivity index (χ1v) is 8.33. The van der Waals surface area contributed by atoms with Gasteiger partial charge in [0.1, 0.15) is 0 Å². The molecule has 1 heterocycles. The Bertz CT molecular complexity index is 375. The van der Waals surface area contributed by atoms with E-state index < -0.39 is 0 Å². The maximum absolute atomic E-state index is 4.62. The van der Waals surface area contributed by atoms with Crippen molar-refractivity contribution in [3.05, 3.63) is 12.3 Å². The van der Waals surface area contributed by atoms with Crippen molar-refractivity contribution in [2.45, 2.75) is 51.0 Å².